The number of H-pyrrole nitrogens is 1. The number of nitrogens with one attached hydrogen (secondary N) is 1. The van der Waals surface area contributed by atoms with Crippen LogP contribution in [0.2, 0.25) is 0 Å². The van der Waals surface area contributed by atoms with Crippen molar-refractivity contribution >= 4 is 49.4 Å². The van der Waals surface area contributed by atoms with Crippen LogP contribution in [0.15, 0.2) is 25.9 Å². The third-order valence-corrected chi connectivity index (χ3v) is 3.71. The molecule has 0 saturated carbocycles. The van der Waals surface area contributed by atoms with Gasteiger partial charge in [0.15, 0.2) is 0 Å². The first kappa shape index (κ1) is 11.3. The topological polar surface area (TPSA) is 72.0 Å². The number of aromatic amines is 1. The Balaban J connectivity index is 2.74. The van der Waals surface area contributed by atoms with Gasteiger partial charge in [-0.1, -0.05) is 0 Å². The molecule has 0 aliphatic heterocycles. The first-order chi connectivity index (χ1) is 7.61. The van der Waals surface area contributed by atoms with E-state index in [4.69, 9.17) is 0 Å². The van der Waals surface area contributed by atoms with E-state index in [0.29, 0.717) is 11.0 Å². The van der Waals surface area contributed by atoms with Gasteiger partial charge in [0, 0.05) is 8.95 Å². The number of fused-ring (bicyclic) bond motifs is 1. The molecule has 1 aromatic carbocycles. The SMILES string of the molecule is O=COc1nc2cc(Br)c(Br)cc2[nH]c1=O. The zero-order valence-corrected chi connectivity index (χ0v) is 10.8. The first-order valence-corrected chi connectivity index (χ1v) is 5.70. The Kier molecular flexibility index (Phi) is 3.06. The van der Waals surface area contributed by atoms with Gasteiger partial charge in [-0.3, -0.25) is 9.59 Å². The minimum absolute atomic E-state index is 0.164. The van der Waals surface area contributed by atoms with Crippen LogP contribution in [0.5, 0.6) is 5.88 Å². The smallest absolute Gasteiger partial charge is 0.311 e. The molecule has 2 aromatic rings. The molecule has 1 aromatic heterocycles. The van der Waals surface area contributed by atoms with Gasteiger partial charge in [0.2, 0.25) is 0 Å². The molecule has 0 atom stereocenters. The lowest BCUT2D eigenvalue weighted by Gasteiger charge is -2.02. The summed E-state index contributed by atoms with van der Waals surface area (Å²) in [6.07, 6.45) is 0. The lowest BCUT2D eigenvalue weighted by molar-refractivity contribution is -0.121. The molecule has 1 N–H and O–H groups in total. The Labute approximate surface area is 106 Å². The van der Waals surface area contributed by atoms with Crippen LogP contribution >= 0.6 is 31.9 Å². The maximum atomic E-state index is 11.4. The molecule has 16 heavy (non-hydrogen) atoms. The molecule has 0 saturated heterocycles. The van der Waals surface area contributed by atoms with Gasteiger partial charge >= 0.3 is 5.56 Å². The number of aromatic nitrogens is 2. The van der Waals surface area contributed by atoms with Crippen LogP contribution in [0, 0.1) is 0 Å². The summed E-state index contributed by atoms with van der Waals surface area (Å²) in [5, 5.41) is 0. The fourth-order valence-electron chi connectivity index (χ4n) is 1.19. The highest BCUT2D eigenvalue weighted by Gasteiger charge is 2.07. The maximum Gasteiger partial charge on any atom is 0.311 e. The fourth-order valence-corrected chi connectivity index (χ4v) is 1.87. The number of ether oxygens (including phenoxy) is 1. The number of rotatable bonds is 2. The van der Waals surface area contributed by atoms with E-state index in [9.17, 15) is 9.59 Å². The van der Waals surface area contributed by atoms with E-state index >= 15 is 0 Å². The van der Waals surface area contributed by atoms with E-state index in [1.165, 1.54) is 0 Å². The first-order valence-electron chi connectivity index (χ1n) is 4.11. The lowest BCUT2D eigenvalue weighted by Crippen LogP contribution is -2.12. The van der Waals surface area contributed by atoms with Crippen molar-refractivity contribution in [2.75, 3.05) is 0 Å². The summed E-state index contributed by atoms with van der Waals surface area (Å²) in [7, 11) is 0. The molecular weight excluding hydrogens is 344 g/mol. The molecule has 0 radical (unpaired) electrons. The highest BCUT2D eigenvalue weighted by atomic mass is 79.9. The normalized spacial score (nSPS) is 10.4. The molecule has 2 rings (SSSR count). The molecule has 0 unspecified atom stereocenters. The van der Waals surface area contributed by atoms with Gasteiger partial charge in [-0.2, -0.15) is 0 Å². The minimum atomic E-state index is -0.547. The van der Waals surface area contributed by atoms with Crippen molar-refractivity contribution in [2.24, 2.45) is 0 Å². The van der Waals surface area contributed by atoms with E-state index in [0.717, 1.165) is 8.95 Å². The summed E-state index contributed by atoms with van der Waals surface area (Å²) in [6, 6.07) is 3.41. The number of nitrogens with zero attached hydrogens (tertiary/aromatic N) is 1. The average Bonchev–Trinajstić information content (AvgIpc) is 2.23. The van der Waals surface area contributed by atoms with Crippen LogP contribution < -0.4 is 10.3 Å². The molecular formula is C9H4Br2N2O3. The van der Waals surface area contributed by atoms with Gasteiger partial charge in [-0.15, -0.1) is 0 Å². The van der Waals surface area contributed by atoms with E-state index in [1.54, 1.807) is 12.1 Å². The van der Waals surface area contributed by atoms with Gasteiger partial charge in [0.05, 0.1) is 11.0 Å². The molecule has 1 heterocycles. The van der Waals surface area contributed by atoms with Crippen molar-refractivity contribution in [3.05, 3.63) is 31.4 Å². The second-order valence-electron chi connectivity index (χ2n) is 2.87. The summed E-state index contributed by atoms with van der Waals surface area (Å²) in [5.74, 6) is -0.267. The molecule has 0 spiro atoms. The van der Waals surface area contributed by atoms with Crippen LogP contribution in [0.25, 0.3) is 11.0 Å². The summed E-state index contributed by atoms with van der Waals surface area (Å²) in [5.41, 5.74) is 0.527. The molecule has 0 bridgehead atoms. The number of benzene rings is 1. The van der Waals surface area contributed by atoms with E-state index in [-0.39, 0.29) is 12.4 Å². The van der Waals surface area contributed by atoms with Crippen molar-refractivity contribution in [3.8, 4) is 5.88 Å². The van der Waals surface area contributed by atoms with Gasteiger partial charge in [-0.25, -0.2) is 4.98 Å². The van der Waals surface area contributed by atoms with Crippen molar-refractivity contribution in [1.82, 2.24) is 9.97 Å². The predicted octanol–water partition coefficient (Wildman–Crippen LogP) is 1.98. The highest BCUT2D eigenvalue weighted by Crippen LogP contribution is 2.26. The molecule has 0 aliphatic carbocycles. The number of halogens is 2. The van der Waals surface area contributed by atoms with Crippen molar-refractivity contribution in [2.45, 2.75) is 0 Å². The lowest BCUT2D eigenvalue weighted by atomic mass is 10.3. The predicted molar refractivity (Wildman–Crippen MR) is 64.5 cm³/mol. The number of carbonyl (C=O) groups is 1. The number of hydrogen-bond donors (Lipinski definition) is 1. The minimum Gasteiger partial charge on any atom is -0.404 e. The van der Waals surface area contributed by atoms with Crippen LogP contribution in [0.1, 0.15) is 0 Å². The fraction of sp³-hybridized carbons (Fsp3) is 0. The zero-order chi connectivity index (χ0) is 11.7. The van der Waals surface area contributed by atoms with Gasteiger partial charge < -0.3 is 9.72 Å². The van der Waals surface area contributed by atoms with E-state index in [2.05, 4.69) is 46.6 Å². The Morgan fingerprint density at radius 3 is 2.69 bits per heavy atom. The Bertz CT molecular complexity index is 624. The van der Waals surface area contributed by atoms with Crippen LogP contribution in [-0.2, 0) is 4.79 Å². The van der Waals surface area contributed by atoms with E-state index < -0.39 is 5.56 Å². The van der Waals surface area contributed by atoms with Crippen LogP contribution in [0.3, 0.4) is 0 Å². The monoisotopic (exact) mass is 346 g/mol. The molecule has 82 valence electrons. The van der Waals surface area contributed by atoms with E-state index in [1.807, 2.05) is 0 Å². The number of carbonyl (C=O) groups excluding carboxylic acids is 1. The van der Waals surface area contributed by atoms with Gasteiger partial charge in [-0.05, 0) is 44.0 Å². The van der Waals surface area contributed by atoms with Gasteiger partial charge in [0.25, 0.3) is 12.4 Å². The van der Waals surface area contributed by atoms with Crippen molar-refractivity contribution in [1.29, 1.82) is 0 Å². The number of hydrogen-bond acceptors (Lipinski definition) is 4. The third kappa shape index (κ3) is 2.00. The quantitative estimate of drug-likeness (QED) is 0.843. The third-order valence-electron chi connectivity index (χ3n) is 1.86. The van der Waals surface area contributed by atoms with Gasteiger partial charge in [0.1, 0.15) is 0 Å². The molecule has 0 fully saturated rings. The van der Waals surface area contributed by atoms with Crippen LogP contribution in [-0.4, -0.2) is 16.4 Å². The second kappa shape index (κ2) is 4.34. The maximum absolute atomic E-state index is 11.4. The largest absolute Gasteiger partial charge is 0.404 e. The van der Waals surface area contributed by atoms with Crippen molar-refractivity contribution < 1.29 is 9.53 Å². The summed E-state index contributed by atoms with van der Waals surface area (Å²) in [4.78, 5) is 28.0. The van der Waals surface area contributed by atoms with Crippen molar-refractivity contribution in [3.63, 3.8) is 0 Å². The molecule has 0 aliphatic rings. The summed E-state index contributed by atoms with van der Waals surface area (Å²) < 4.78 is 6.03. The molecule has 0 amide bonds. The molecule has 5 nitrogen and oxygen atoms in total. The molecule has 7 heteroatoms. The second-order valence-corrected chi connectivity index (χ2v) is 4.58. The highest BCUT2D eigenvalue weighted by molar-refractivity contribution is 9.13. The standard InChI is InChI=1S/C9H4Br2N2O3/c10-4-1-6-7(2-5(4)11)13-9(16-3-14)8(15)12-6/h1-3H,(H,12,15). The Morgan fingerprint density at radius 1 is 1.31 bits per heavy atom. The Hall–Kier alpha value is -1.21. The van der Waals surface area contributed by atoms with Crippen LogP contribution in [0.4, 0.5) is 0 Å². The Morgan fingerprint density at radius 2 is 2.00 bits per heavy atom. The average molecular weight is 348 g/mol. The summed E-state index contributed by atoms with van der Waals surface area (Å²) >= 11 is 6.62. The summed E-state index contributed by atoms with van der Waals surface area (Å²) in [6.45, 7) is 0.164. The zero-order valence-electron chi connectivity index (χ0n) is 7.66.